The molecule has 150 valence electrons. The number of alkyl halides is 6. The Bertz CT molecular complexity index is 924. The van der Waals surface area contributed by atoms with E-state index in [-0.39, 0.29) is 6.54 Å². The molecule has 0 aliphatic heterocycles. The number of ether oxygens (including phenoxy) is 1. The van der Waals surface area contributed by atoms with E-state index in [1.54, 1.807) is 0 Å². The van der Waals surface area contributed by atoms with E-state index < -0.39 is 51.3 Å². The van der Waals surface area contributed by atoms with Crippen LogP contribution >= 0.6 is 23.2 Å². The fraction of sp³-hybridized carbons (Fsp3) is 0.200. The summed E-state index contributed by atoms with van der Waals surface area (Å²) < 4.78 is 81.5. The zero-order valence-electron chi connectivity index (χ0n) is 13.3. The lowest BCUT2D eigenvalue weighted by atomic mass is 10.2. The summed E-state index contributed by atoms with van der Waals surface area (Å²) in [5, 5.41) is 0.816. The molecule has 0 aliphatic carbocycles. The molecule has 0 saturated carbocycles. The van der Waals surface area contributed by atoms with Crippen LogP contribution in [0.25, 0.3) is 5.69 Å². The Hall–Kier alpha value is -2.58. The number of benzene rings is 1. The Labute approximate surface area is 163 Å². The van der Waals surface area contributed by atoms with Crippen molar-refractivity contribution in [1.82, 2.24) is 14.9 Å². The van der Waals surface area contributed by atoms with E-state index >= 15 is 0 Å². The number of nitrogens with one attached hydrogen (secondary N) is 1. The monoisotopic (exact) mass is 445 g/mol. The van der Waals surface area contributed by atoms with Crippen LogP contribution in [0.5, 0.6) is 5.75 Å². The van der Waals surface area contributed by atoms with Gasteiger partial charge in [0, 0.05) is 12.1 Å². The van der Waals surface area contributed by atoms with Gasteiger partial charge in [0.2, 0.25) is 0 Å². The van der Waals surface area contributed by atoms with Crippen LogP contribution in [0.3, 0.4) is 0 Å². The third kappa shape index (κ3) is 4.82. The molecule has 1 heterocycles. The molecule has 28 heavy (non-hydrogen) atoms. The largest absolute Gasteiger partial charge is 0.573 e. The number of nitrogens with zero attached hydrogens (tertiary/aromatic N) is 2. The van der Waals surface area contributed by atoms with E-state index in [9.17, 15) is 31.1 Å². The number of hydrogen-bond acceptors (Lipinski definition) is 3. The van der Waals surface area contributed by atoms with Gasteiger partial charge in [-0.1, -0.05) is 29.1 Å². The van der Waals surface area contributed by atoms with Gasteiger partial charge in [0.1, 0.15) is 12.1 Å². The zero-order valence-corrected chi connectivity index (χ0v) is 14.8. The van der Waals surface area contributed by atoms with Gasteiger partial charge in [-0.3, -0.25) is 9.36 Å². The second kappa shape index (κ2) is 7.81. The highest BCUT2D eigenvalue weighted by atomic mass is 35.5. The van der Waals surface area contributed by atoms with E-state index in [2.05, 4.69) is 9.72 Å². The molecule has 5 nitrogen and oxygen atoms in total. The smallest absolute Gasteiger partial charge is 0.406 e. The quantitative estimate of drug-likeness (QED) is 0.558. The number of rotatable bonds is 4. The van der Waals surface area contributed by atoms with Crippen LogP contribution < -0.4 is 10.1 Å². The lowest BCUT2D eigenvalue weighted by Crippen LogP contribution is -2.27. The Balaban J connectivity index is 2.61. The molecular weight excluding hydrogens is 439 g/mol. The van der Waals surface area contributed by atoms with Crippen molar-refractivity contribution in [2.24, 2.45) is 0 Å². The predicted molar refractivity (Wildman–Crippen MR) is 86.4 cm³/mol. The number of carbonyl (C=O) groups excluding carboxylic acids is 1. The molecule has 0 atom stereocenters. The van der Waals surface area contributed by atoms with Crippen LogP contribution in [-0.2, 0) is 6.18 Å². The summed E-state index contributed by atoms with van der Waals surface area (Å²) in [5.74, 6) is -0.0431. The molecule has 1 aromatic carbocycles. The SMILES string of the molecule is C#CCNC(=O)c1ncn(-c2c(Cl)cc(OC(F)(F)F)cc2Cl)c1C(F)(F)F. The molecule has 2 rings (SSSR count). The van der Waals surface area contributed by atoms with E-state index in [4.69, 9.17) is 29.6 Å². The number of carbonyl (C=O) groups is 1. The minimum Gasteiger partial charge on any atom is -0.406 e. The summed E-state index contributed by atoms with van der Waals surface area (Å²) in [4.78, 5) is 15.3. The van der Waals surface area contributed by atoms with E-state index in [1.165, 1.54) is 0 Å². The number of terminal acetylenes is 1. The molecule has 2 aromatic rings. The van der Waals surface area contributed by atoms with Crippen molar-refractivity contribution in [2.75, 3.05) is 6.54 Å². The first-order valence-electron chi connectivity index (χ1n) is 6.96. The topological polar surface area (TPSA) is 56.2 Å². The van der Waals surface area contributed by atoms with Gasteiger partial charge in [-0.25, -0.2) is 4.98 Å². The minimum atomic E-state index is -5.09. The lowest BCUT2D eigenvalue weighted by molar-refractivity contribution is -0.274. The number of hydrogen-bond donors (Lipinski definition) is 1. The first kappa shape index (κ1) is 21.7. The van der Waals surface area contributed by atoms with Gasteiger partial charge in [-0.05, 0) is 0 Å². The summed E-state index contributed by atoms with van der Waals surface area (Å²) in [5.41, 5.74) is -3.12. The van der Waals surface area contributed by atoms with Gasteiger partial charge in [0.25, 0.3) is 5.91 Å². The molecule has 0 unspecified atom stereocenters. The molecule has 13 heteroatoms. The molecule has 0 saturated heterocycles. The Morgan fingerprint density at radius 1 is 1.21 bits per heavy atom. The Morgan fingerprint density at radius 2 is 1.79 bits per heavy atom. The standard InChI is InChI=1S/C15H7Cl2F6N3O2/c1-2-3-24-13(27)10-12(14(18,19)20)26(6-25-10)11-8(16)4-7(5-9(11)17)28-15(21,22)23/h1,4-6H,3H2,(H,24,27). The average Bonchev–Trinajstić information content (AvgIpc) is 2.95. The highest BCUT2D eigenvalue weighted by molar-refractivity contribution is 6.38. The molecule has 0 radical (unpaired) electrons. The second-order valence-electron chi connectivity index (χ2n) is 4.98. The molecular formula is C15H7Cl2F6N3O2. The van der Waals surface area contributed by atoms with Crippen molar-refractivity contribution in [1.29, 1.82) is 0 Å². The fourth-order valence-corrected chi connectivity index (χ4v) is 2.78. The van der Waals surface area contributed by atoms with E-state index in [1.807, 2.05) is 11.2 Å². The predicted octanol–water partition coefficient (Wildman–Crippen LogP) is 4.46. The molecule has 0 fully saturated rings. The number of halogens is 8. The van der Waals surface area contributed by atoms with Crippen molar-refractivity contribution >= 4 is 29.1 Å². The van der Waals surface area contributed by atoms with Crippen LogP contribution in [0.2, 0.25) is 10.0 Å². The van der Waals surface area contributed by atoms with Crippen LogP contribution in [0.4, 0.5) is 26.3 Å². The first-order chi connectivity index (χ1) is 12.8. The van der Waals surface area contributed by atoms with Crippen molar-refractivity contribution in [3.8, 4) is 23.8 Å². The zero-order chi connectivity index (χ0) is 21.3. The average molecular weight is 446 g/mol. The van der Waals surface area contributed by atoms with Gasteiger partial charge < -0.3 is 10.1 Å². The number of aromatic nitrogens is 2. The van der Waals surface area contributed by atoms with Crippen LogP contribution in [-0.4, -0.2) is 28.4 Å². The highest BCUT2D eigenvalue weighted by Crippen LogP contribution is 2.40. The minimum absolute atomic E-state index is 0.340. The molecule has 1 amide bonds. The summed E-state index contributed by atoms with van der Waals surface area (Å²) in [6, 6.07) is 1.24. The Morgan fingerprint density at radius 3 is 2.25 bits per heavy atom. The molecule has 0 bridgehead atoms. The van der Waals surface area contributed by atoms with Gasteiger partial charge in [0.05, 0.1) is 22.3 Å². The summed E-state index contributed by atoms with van der Waals surface area (Å²) in [6.45, 7) is -0.353. The first-order valence-corrected chi connectivity index (χ1v) is 7.72. The van der Waals surface area contributed by atoms with Crippen LogP contribution in [0.15, 0.2) is 18.5 Å². The maximum Gasteiger partial charge on any atom is 0.573 e. The maximum absolute atomic E-state index is 13.5. The molecule has 1 aromatic heterocycles. The summed E-state index contributed by atoms with van der Waals surface area (Å²) in [6.07, 6.45) is -4.62. The fourth-order valence-electron chi connectivity index (χ4n) is 2.13. The van der Waals surface area contributed by atoms with Gasteiger partial charge in [0.15, 0.2) is 11.4 Å². The van der Waals surface area contributed by atoms with Crippen LogP contribution in [0.1, 0.15) is 16.2 Å². The molecule has 0 aliphatic rings. The van der Waals surface area contributed by atoms with E-state index in [0.717, 1.165) is 0 Å². The molecule has 0 spiro atoms. The highest BCUT2D eigenvalue weighted by Gasteiger charge is 2.41. The van der Waals surface area contributed by atoms with E-state index in [0.29, 0.717) is 23.0 Å². The summed E-state index contributed by atoms with van der Waals surface area (Å²) >= 11 is 11.6. The van der Waals surface area contributed by atoms with Gasteiger partial charge >= 0.3 is 12.5 Å². The Kier molecular flexibility index (Phi) is 6.06. The van der Waals surface area contributed by atoms with Crippen molar-refractivity contribution in [3.63, 3.8) is 0 Å². The second-order valence-corrected chi connectivity index (χ2v) is 5.79. The van der Waals surface area contributed by atoms with Crippen molar-refractivity contribution < 1.29 is 35.9 Å². The van der Waals surface area contributed by atoms with Gasteiger partial charge in [-0.2, -0.15) is 13.2 Å². The third-order valence-electron chi connectivity index (χ3n) is 3.07. The lowest BCUT2D eigenvalue weighted by Gasteiger charge is -2.16. The third-order valence-corrected chi connectivity index (χ3v) is 3.64. The normalized spacial score (nSPS) is 11.8. The summed E-state index contributed by atoms with van der Waals surface area (Å²) in [7, 11) is 0. The van der Waals surface area contributed by atoms with Gasteiger partial charge in [-0.15, -0.1) is 19.6 Å². The maximum atomic E-state index is 13.5. The van der Waals surface area contributed by atoms with Crippen molar-refractivity contribution in [3.05, 3.63) is 39.9 Å². The number of imidazole rings is 1. The van der Waals surface area contributed by atoms with Crippen LogP contribution in [0, 0.1) is 12.3 Å². The number of amides is 1. The van der Waals surface area contributed by atoms with Crippen molar-refractivity contribution in [2.45, 2.75) is 12.5 Å². The molecule has 1 N–H and O–H groups in total.